The summed E-state index contributed by atoms with van der Waals surface area (Å²) < 4.78 is 7.73. The molecule has 0 saturated heterocycles. The molecule has 0 spiro atoms. The average molecular weight is 518 g/mol. The van der Waals surface area contributed by atoms with Crippen LogP contribution in [-0.4, -0.2) is 15.6 Å². The van der Waals surface area contributed by atoms with Crippen molar-refractivity contribution in [1.82, 2.24) is 9.72 Å². The van der Waals surface area contributed by atoms with Crippen LogP contribution in [0.1, 0.15) is 21.7 Å². The fraction of sp³-hybridized carbons (Fsp3) is 0.0625. The molecule has 2 heterocycles. The first-order valence-corrected chi connectivity index (χ1v) is 12.7. The molecular weight excluding hydrogens is 494 g/mol. The fourth-order valence-corrected chi connectivity index (χ4v) is 5.13. The molecule has 5 nitrogen and oxygen atoms in total. The molecule has 4 aromatic carbocycles. The van der Waals surface area contributed by atoms with Gasteiger partial charge in [0.1, 0.15) is 17.0 Å². The van der Waals surface area contributed by atoms with Gasteiger partial charge >= 0.3 is 0 Å². The summed E-state index contributed by atoms with van der Waals surface area (Å²) in [5, 5.41) is 8.86. The van der Waals surface area contributed by atoms with Crippen LogP contribution in [0.3, 0.4) is 0 Å². The van der Waals surface area contributed by atoms with Crippen molar-refractivity contribution >= 4 is 34.1 Å². The normalized spacial score (nSPS) is 11.1. The van der Waals surface area contributed by atoms with Gasteiger partial charge in [-0.3, -0.25) is 4.79 Å². The summed E-state index contributed by atoms with van der Waals surface area (Å²) in [4.78, 5) is 13.9. The number of nitrogens with zero attached hydrogens (tertiary/aromatic N) is 2. The fourth-order valence-electron chi connectivity index (χ4n) is 4.91. The van der Waals surface area contributed by atoms with Gasteiger partial charge in [-0.05, 0) is 24.6 Å². The van der Waals surface area contributed by atoms with E-state index in [-0.39, 0.29) is 5.91 Å². The first-order valence-electron chi connectivity index (χ1n) is 12.3. The topological polar surface area (TPSA) is 60.1 Å². The van der Waals surface area contributed by atoms with Crippen molar-refractivity contribution in [2.24, 2.45) is 0 Å². The molecule has 6 aromatic rings. The Balaban J connectivity index is 1.52. The van der Waals surface area contributed by atoms with E-state index in [9.17, 15) is 4.79 Å². The summed E-state index contributed by atoms with van der Waals surface area (Å²) in [5.74, 6) is 0.116. The molecule has 1 amide bonds. The maximum atomic E-state index is 13.9. The van der Waals surface area contributed by atoms with Gasteiger partial charge in [0.15, 0.2) is 0 Å². The molecule has 0 radical (unpaired) electrons. The molecule has 0 atom stereocenters. The number of benzene rings is 4. The largest absolute Gasteiger partial charge is 0.360 e. The summed E-state index contributed by atoms with van der Waals surface area (Å²) in [6.07, 6.45) is 0. The van der Waals surface area contributed by atoms with Crippen LogP contribution in [0.5, 0.6) is 0 Å². The van der Waals surface area contributed by atoms with E-state index in [4.69, 9.17) is 16.1 Å². The highest BCUT2D eigenvalue weighted by atomic mass is 35.5. The minimum absolute atomic E-state index is 0.307. The number of nitrogens with one attached hydrogen (secondary N) is 1. The van der Waals surface area contributed by atoms with Gasteiger partial charge in [-0.2, -0.15) is 0 Å². The molecule has 186 valence electrons. The first kappa shape index (κ1) is 23.8. The van der Waals surface area contributed by atoms with Gasteiger partial charge in [-0.25, -0.2) is 0 Å². The molecule has 0 aliphatic carbocycles. The Morgan fingerprint density at radius 1 is 0.868 bits per heavy atom. The Morgan fingerprint density at radius 3 is 2.29 bits per heavy atom. The van der Waals surface area contributed by atoms with E-state index < -0.39 is 0 Å². The Hall–Kier alpha value is -4.61. The number of aryl methyl sites for hydroxylation is 1. The molecule has 0 unspecified atom stereocenters. The number of rotatable bonds is 6. The quantitative estimate of drug-likeness (QED) is 0.242. The average Bonchev–Trinajstić information content (AvgIpc) is 3.48. The summed E-state index contributed by atoms with van der Waals surface area (Å²) in [6.45, 7) is 2.39. The predicted octanol–water partition coefficient (Wildman–Crippen LogP) is 8.23. The van der Waals surface area contributed by atoms with E-state index in [1.807, 2.05) is 72.8 Å². The summed E-state index contributed by atoms with van der Waals surface area (Å²) >= 11 is 6.45. The highest BCUT2D eigenvalue weighted by Crippen LogP contribution is 2.40. The van der Waals surface area contributed by atoms with Gasteiger partial charge in [-0.15, -0.1) is 0 Å². The molecule has 6 rings (SSSR count). The smallest absolute Gasteiger partial charge is 0.261 e. The maximum absolute atomic E-state index is 13.9. The van der Waals surface area contributed by atoms with E-state index in [0.29, 0.717) is 34.1 Å². The number of fused-ring (bicyclic) bond motifs is 1. The van der Waals surface area contributed by atoms with Gasteiger partial charge in [0.2, 0.25) is 0 Å². The lowest BCUT2D eigenvalue weighted by atomic mass is 10.0. The van der Waals surface area contributed by atoms with Crippen LogP contribution >= 0.6 is 11.6 Å². The van der Waals surface area contributed by atoms with E-state index in [0.717, 1.165) is 27.8 Å². The van der Waals surface area contributed by atoms with Crippen molar-refractivity contribution in [3.8, 4) is 22.5 Å². The number of carbonyl (C=O) groups excluding carboxylic acids is 1. The second kappa shape index (κ2) is 10.0. The lowest BCUT2D eigenvalue weighted by Gasteiger charge is -2.14. The number of carbonyl (C=O) groups is 1. The molecule has 2 aromatic heterocycles. The van der Waals surface area contributed by atoms with Gasteiger partial charge in [-0.1, -0.05) is 114 Å². The van der Waals surface area contributed by atoms with Crippen LogP contribution < -0.4 is 5.32 Å². The zero-order chi connectivity index (χ0) is 26.1. The van der Waals surface area contributed by atoms with Crippen molar-refractivity contribution in [2.75, 3.05) is 5.32 Å². The van der Waals surface area contributed by atoms with Crippen LogP contribution in [0.2, 0.25) is 5.02 Å². The van der Waals surface area contributed by atoms with Crippen LogP contribution in [0.15, 0.2) is 114 Å². The minimum Gasteiger partial charge on any atom is -0.360 e. The van der Waals surface area contributed by atoms with E-state index in [2.05, 4.69) is 45.4 Å². The monoisotopic (exact) mass is 517 g/mol. The zero-order valence-corrected chi connectivity index (χ0v) is 21.4. The molecule has 0 aliphatic heterocycles. The van der Waals surface area contributed by atoms with Gasteiger partial charge in [0, 0.05) is 23.1 Å². The predicted molar refractivity (Wildman–Crippen MR) is 153 cm³/mol. The number of para-hydroxylation sites is 1. The summed E-state index contributed by atoms with van der Waals surface area (Å²) in [7, 11) is 0. The van der Waals surface area contributed by atoms with Crippen LogP contribution in [0.25, 0.3) is 33.4 Å². The molecule has 0 saturated carbocycles. The van der Waals surface area contributed by atoms with Gasteiger partial charge < -0.3 is 14.4 Å². The molecule has 6 heteroatoms. The number of aromatic nitrogens is 2. The third-order valence-corrected chi connectivity index (χ3v) is 6.99. The van der Waals surface area contributed by atoms with Crippen LogP contribution in [0.4, 0.5) is 5.69 Å². The Labute approximate surface area is 225 Å². The number of amides is 1. The van der Waals surface area contributed by atoms with Crippen molar-refractivity contribution in [2.45, 2.75) is 13.5 Å². The summed E-state index contributed by atoms with van der Waals surface area (Å²) in [6, 6.07) is 35.9. The summed E-state index contributed by atoms with van der Waals surface area (Å²) in [5.41, 5.74) is 6.28. The second-order valence-corrected chi connectivity index (χ2v) is 9.48. The standard InChI is InChI=1S/C32H24ClN3O2/c1-21-28(29(35-38-21)24-16-8-10-18-26(24)33)32(37)34-30-25-17-9-11-19-27(25)36(20-22-12-4-2-5-13-22)31(30)23-14-6-3-7-15-23/h2-19H,20H2,1H3,(H,34,37). The third kappa shape index (κ3) is 4.27. The lowest BCUT2D eigenvalue weighted by molar-refractivity contribution is 0.102. The highest BCUT2D eigenvalue weighted by Gasteiger charge is 2.26. The van der Waals surface area contributed by atoms with Gasteiger partial charge in [0.25, 0.3) is 5.91 Å². The van der Waals surface area contributed by atoms with Crippen molar-refractivity contribution in [3.05, 3.63) is 131 Å². The molecule has 0 fully saturated rings. The van der Waals surface area contributed by atoms with E-state index in [1.54, 1.807) is 13.0 Å². The highest BCUT2D eigenvalue weighted by molar-refractivity contribution is 6.33. The molecule has 38 heavy (non-hydrogen) atoms. The number of hydrogen-bond donors (Lipinski definition) is 1. The minimum atomic E-state index is -0.307. The van der Waals surface area contributed by atoms with E-state index >= 15 is 0 Å². The second-order valence-electron chi connectivity index (χ2n) is 9.07. The number of anilines is 1. The van der Waals surface area contributed by atoms with Crippen LogP contribution in [0, 0.1) is 6.92 Å². The van der Waals surface area contributed by atoms with Gasteiger partial charge in [0.05, 0.1) is 21.9 Å². The number of halogens is 1. The van der Waals surface area contributed by atoms with Crippen molar-refractivity contribution < 1.29 is 9.32 Å². The van der Waals surface area contributed by atoms with Crippen molar-refractivity contribution in [1.29, 1.82) is 0 Å². The third-order valence-electron chi connectivity index (χ3n) is 6.66. The molecule has 1 N–H and O–H groups in total. The Kier molecular flexibility index (Phi) is 6.28. The SMILES string of the molecule is Cc1onc(-c2ccccc2Cl)c1C(=O)Nc1c(-c2ccccc2)n(Cc2ccccc2)c2ccccc12. The van der Waals surface area contributed by atoms with E-state index in [1.165, 1.54) is 5.56 Å². The molecular formula is C32H24ClN3O2. The molecule has 0 bridgehead atoms. The molecule has 0 aliphatic rings. The zero-order valence-electron chi connectivity index (χ0n) is 20.7. The lowest BCUT2D eigenvalue weighted by Crippen LogP contribution is -2.14. The Bertz CT molecular complexity index is 1750. The van der Waals surface area contributed by atoms with Crippen molar-refractivity contribution in [3.63, 3.8) is 0 Å². The maximum Gasteiger partial charge on any atom is 0.261 e. The number of hydrogen-bond acceptors (Lipinski definition) is 3. The Morgan fingerprint density at radius 2 is 1.53 bits per heavy atom. The first-order chi connectivity index (χ1) is 18.6. The van der Waals surface area contributed by atoms with Crippen LogP contribution in [-0.2, 0) is 6.54 Å².